The number of H-pyrrole nitrogens is 1. The van der Waals surface area contributed by atoms with Crippen LogP contribution in [0.5, 0.6) is 23.1 Å². The van der Waals surface area contributed by atoms with E-state index in [0.717, 1.165) is 6.07 Å². The summed E-state index contributed by atoms with van der Waals surface area (Å²) in [5, 5.41) is 10.2. The second-order valence-electron chi connectivity index (χ2n) is 8.93. The molecule has 0 aliphatic carbocycles. The molecular weight excluding hydrogens is 526 g/mol. The van der Waals surface area contributed by atoms with Gasteiger partial charge in [0.1, 0.15) is 30.3 Å². The molecular formula is C25H25ClF2N4O6. The van der Waals surface area contributed by atoms with Crippen LogP contribution < -0.4 is 24.6 Å². The van der Waals surface area contributed by atoms with Crippen LogP contribution in [0.2, 0.25) is 5.02 Å². The number of aromatic nitrogens is 4. The van der Waals surface area contributed by atoms with Gasteiger partial charge in [0.25, 0.3) is 0 Å². The maximum atomic E-state index is 14.6. The van der Waals surface area contributed by atoms with Gasteiger partial charge in [0, 0.05) is 12.1 Å². The maximum Gasteiger partial charge on any atom is 0.332 e. The fraction of sp³-hybridized carbons (Fsp3) is 0.320. The van der Waals surface area contributed by atoms with Crippen molar-refractivity contribution < 1.29 is 32.8 Å². The van der Waals surface area contributed by atoms with Crippen molar-refractivity contribution in [3.63, 3.8) is 0 Å². The smallest absolute Gasteiger partial charge is 0.332 e. The van der Waals surface area contributed by atoms with Crippen molar-refractivity contribution in [2.75, 3.05) is 20.8 Å². The lowest BCUT2D eigenvalue weighted by Gasteiger charge is -2.21. The summed E-state index contributed by atoms with van der Waals surface area (Å²) in [5.74, 6) is -1.52. The number of hydrogen-bond donors (Lipinski definition) is 2. The number of aliphatic hydroxyl groups is 1. The molecule has 0 atom stereocenters. The SMILES string of the molecule is COc1ccc(F)c(F)c1COc1cc(-n2c(=O)[nH]c3c(OC)nc(C)nc32)c(Cl)cc1OCC(C)(C)O. The van der Waals surface area contributed by atoms with Crippen molar-refractivity contribution in [2.24, 2.45) is 0 Å². The number of aryl methyl sites for hydroxylation is 1. The number of ether oxygens (including phenoxy) is 4. The maximum absolute atomic E-state index is 14.6. The van der Waals surface area contributed by atoms with Gasteiger partial charge in [-0.25, -0.2) is 23.1 Å². The number of nitrogens with one attached hydrogen (secondary N) is 1. The average Bonchev–Trinajstić information content (AvgIpc) is 3.18. The standard InChI is InChI=1S/C25H25ClF2N4O6/c1-12-29-22-21(23(30-12)36-5)31-24(33)32(22)16-9-19(18(8-14(16)26)38-11-25(2,3)34)37-10-13-17(35-4)7-6-15(27)20(13)28/h6-9,34H,10-11H2,1-5H3,(H,31,33). The molecule has 2 aromatic carbocycles. The lowest BCUT2D eigenvalue weighted by Crippen LogP contribution is -2.28. The number of methoxy groups -OCH3 is 2. The largest absolute Gasteiger partial charge is 0.496 e. The fourth-order valence-corrected chi connectivity index (χ4v) is 3.90. The van der Waals surface area contributed by atoms with Crippen molar-refractivity contribution in [1.29, 1.82) is 0 Å². The van der Waals surface area contributed by atoms with Gasteiger partial charge in [0.05, 0.1) is 36.1 Å². The third-order valence-corrected chi connectivity index (χ3v) is 5.69. The minimum atomic E-state index is -1.21. The van der Waals surface area contributed by atoms with Crippen molar-refractivity contribution in [1.82, 2.24) is 19.5 Å². The molecule has 2 aromatic heterocycles. The Labute approximate surface area is 220 Å². The molecule has 13 heteroatoms. The molecule has 0 spiro atoms. The lowest BCUT2D eigenvalue weighted by molar-refractivity contribution is 0.0273. The van der Waals surface area contributed by atoms with Crippen LogP contribution in [0.4, 0.5) is 8.78 Å². The predicted octanol–water partition coefficient (Wildman–Crippen LogP) is 4.09. The fourth-order valence-electron chi connectivity index (χ4n) is 3.66. The Hall–Kier alpha value is -3.90. The van der Waals surface area contributed by atoms with E-state index in [9.17, 15) is 18.7 Å². The van der Waals surface area contributed by atoms with E-state index in [1.807, 2.05) is 0 Å². The molecule has 0 unspecified atom stereocenters. The minimum absolute atomic E-state index is 0.0263. The molecule has 0 bridgehead atoms. The van der Waals surface area contributed by atoms with Gasteiger partial charge in [-0.1, -0.05) is 11.6 Å². The number of aromatic amines is 1. The summed E-state index contributed by atoms with van der Waals surface area (Å²) in [5.41, 5.74) is -1.38. The first-order valence-corrected chi connectivity index (χ1v) is 11.7. The van der Waals surface area contributed by atoms with Crippen LogP contribution in [-0.2, 0) is 6.61 Å². The van der Waals surface area contributed by atoms with E-state index < -0.39 is 29.5 Å². The van der Waals surface area contributed by atoms with Gasteiger partial charge in [-0.05, 0) is 32.9 Å². The van der Waals surface area contributed by atoms with Crippen LogP contribution in [0.3, 0.4) is 0 Å². The third kappa shape index (κ3) is 5.36. The van der Waals surface area contributed by atoms with E-state index in [4.69, 9.17) is 30.5 Å². The number of rotatable bonds is 9. The van der Waals surface area contributed by atoms with E-state index in [1.54, 1.807) is 6.92 Å². The normalized spacial score (nSPS) is 11.6. The van der Waals surface area contributed by atoms with E-state index in [-0.39, 0.29) is 57.2 Å². The topological polar surface area (TPSA) is 121 Å². The van der Waals surface area contributed by atoms with Crippen LogP contribution in [-0.4, -0.2) is 51.1 Å². The summed E-state index contributed by atoms with van der Waals surface area (Å²) < 4.78 is 51.7. The van der Waals surface area contributed by atoms with Crippen molar-refractivity contribution in [3.05, 3.63) is 62.8 Å². The monoisotopic (exact) mass is 550 g/mol. The Morgan fingerprint density at radius 1 is 1.08 bits per heavy atom. The first-order chi connectivity index (χ1) is 17.9. The van der Waals surface area contributed by atoms with Crippen molar-refractivity contribution in [2.45, 2.75) is 33.0 Å². The van der Waals surface area contributed by atoms with E-state index in [2.05, 4.69) is 15.0 Å². The molecule has 4 aromatic rings. The van der Waals surface area contributed by atoms with Gasteiger partial charge in [0.2, 0.25) is 5.88 Å². The summed E-state index contributed by atoms with van der Waals surface area (Å²) >= 11 is 6.56. The molecule has 0 aliphatic heterocycles. The zero-order valence-corrected chi connectivity index (χ0v) is 21.9. The number of fused-ring (bicyclic) bond motifs is 1. The van der Waals surface area contributed by atoms with E-state index in [0.29, 0.717) is 5.82 Å². The Kier molecular flexibility index (Phi) is 7.47. The second-order valence-corrected chi connectivity index (χ2v) is 9.33. The molecule has 0 radical (unpaired) electrons. The van der Waals surface area contributed by atoms with Gasteiger partial charge in [0.15, 0.2) is 28.8 Å². The summed E-state index contributed by atoms with van der Waals surface area (Å²) in [6.07, 6.45) is 0. The molecule has 0 saturated heterocycles. The lowest BCUT2D eigenvalue weighted by atomic mass is 10.1. The predicted molar refractivity (Wildman–Crippen MR) is 135 cm³/mol. The molecule has 202 valence electrons. The molecule has 0 aliphatic rings. The van der Waals surface area contributed by atoms with Crippen LogP contribution in [0, 0.1) is 18.6 Å². The Morgan fingerprint density at radius 2 is 1.79 bits per heavy atom. The number of nitrogens with zero attached hydrogens (tertiary/aromatic N) is 3. The van der Waals surface area contributed by atoms with Crippen molar-refractivity contribution >= 4 is 22.8 Å². The summed E-state index contributed by atoms with van der Waals surface area (Å²) in [4.78, 5) is 24.2. The van der Waals surface area contributed by atoms with E-state index in [1.165, 1.54) is 50.8 Å². The van der Waals surface area contributed by atoms with Crippen LogP contribution in [0.25, 0.3) is 16.9 Å². The highest BCUT2D eigenvalue weighted by Crippen LogP contribution is 2.38. The van der Waals surface area contributed by atoms with Crippen molar-refractivity contribution in [3.8, 4) is 28.8 Å². The summed E-state index contributed by atoms with van der Waals surface area (Å²) in [7, 11) is 2.72. The van der Waals surface area contributed by atoms with Gasteiger partial charge in [-0.15, -0.1) is 0 Å². The number of hydrogen-bond acceptors (Lipinski definition) is 8. The zero-order valence-electron chi connectivity index (χ0n) is 21.2. The molecule has 10 nitrogen and oxygen atoms in total. The minimum Gasteiger partial charge on any atom is -0.496 e. The first kappa shape index (κ1) is 27.1. The molecule has 38 heavy (non-hydrogen) atoms. The summed E-state index contributed by atoms with van der Waals surface area (Å²) in [6.45, 7) is 4.11. The Balaban J connectivity index is 1.85. The second kappa shape index (κ2) is 10.5. The van der Waals surface area contributed by atoms with Gasteiger partial charge >= 0.3 is 5.69 Å². The number of imidazole rings is 1. The third-order valence-electron chi connectivity index (χ3n) is 5.39. The Bertz CT molecular complexity index is 1560. The van der Waals surface area contributed by atoms with Crippen LogP contribution >= 0.6 is 11.6 Å². The highest BCUT2D eigenvalue weighted by molar-refractivity contribution is 6.32. The van der Waals surface area contributed by atoms with Gasteiger partial charge in [-0.2, -0.15) is 4.98 Å². The van der Waals surface area contributed by atoms with Gasteiger partial charge in [-0.3, -0.25) is 4.98 Å². The number of benzene rings is 2. The van der Waals surface area contributed by atoms with Crippen LogP contribution in [0.15, 0.2) is 29.1 Å². The summed E-state index contributed by atoms with van der Waals surface area (Å²) in [6, 6.07) is 4.99. The Morgan fingerprint density at radius 3 is 2.45 bits per heavy atom. The molecule has 4 rings (SSSR count). The molecule has 0 saturated carbocycles. The van der Waals surface area contributed by atoms with Crippen LogP contribution in [0.1, 0.15) is 25.2 Å². The first-order valence-electron chi connectivity index (χ1n) is 11.3. The highest BCUT2D eigenvalue weighted by atomic mass is 35.5. The van der Waals surface area contributed by atoms with Gasteiger partial charge < -0.3 is 24.1 Å². The molecule has 2 heterocycles. The highest BCUT2D eigenvalue weighted by Gasteiger charge is 2.23. The van der Waals surface area contributed by atoms with E-state index >= 15 is 0 Å². The molecule has 0 fully saturated rings. The quantitative estimate of drug-likeness (QED) is 0.320. The average molecular weight is 551 g/mol. The molecule has 2 N–H and O–H groups in total. The number of halogens is 3. The molecule has 0 amide bonds. The zero-order chi connectivity index (χ0) is 27.8.